The van der Waals surface area contributed by atoms with Gasteiger partial charge < -0.3 is 5.32 Å². The molecule has 0 aliphatic carbocycles. The molecule has 78 valence electrons. The second kappa shape index (κ2) is 7.45. The maximum atomic E-state index is 4.00. The van der Waals surface area contributed by atoms with E-state index in [1.807, 2.05) is 11.8 Å². The Balaban J connectivity index is 3.63. The molecule has 0 aromatic carbocycles. The lowest BCUT2D eigenvalue weighted by Crippen LogP contribution is -2.32. The molecule has 0 aliphatic heterocycles. The van der Waals surface area contributed by atoms with Gasteiger partial charge in [-0.2, -0.15) is 11.8 Å². The van der Waals surface area contributed by atoms with E-state index in [1.54, 1.807) is 0 Å². The van der Waals surface area contributed by atoms with Gasteiger partial charge in [0, 0.05) is 11.8 Å². The van der Waals surface area contributed by atoms with E-state index < -0.39 is 0 Å². The predicted molar refractivity (Wildman–Crippen MR) is 64.4 cm³/mol. The summed E-state index contributed by atoms with van der Waals surface area (Å²) < 4.78 is 0. The molecule has 0 amide bonds. The maximum Gasteiger partial charge on any atom is 0.0365 e. The molecule has 0 aromatic heterocycles. The number of hydrogen-bond acceptors (Lipinski definition) is 2. The molecule has 0 bridgehead atoms. The topological polar surface area (TPSA) is 12.0 Å². The standard InChI is InChI=1S/C11H23NS/c1-6-12-11(10(4)5)8-13-7-9(2)3/h9,11-12H,4,6-8H2,1-3,5H3. The van der Waals surface area contributed by atoms with Crippen LogP contribution >= 0.6 is 11.8 Å². The Hall–Kier alpha value is 0.0500. The highest BCUT2D eigenvalue weighted by Gasteiger charge is 2.07. The van der Waals surface area contributed by atoms with Crippen LogP contribution < -0.4 is 5.32 Å². The monoisotopic (exact) mass is 201 g/mol. The number of thioether (sulfide) groups is 1. The van der Waals surface area contributed by atoms with E-state index in [0.717, 1.165) is 18.2 Å². The molecule has 0 spiro atoms. The summed E-state index contributed by atoms with van der Waals surface area (Å²) in [6.07, 6.45) is 0. The van der Waals surface area contributed by atoms with Crippen molar-refractivity contribution >= 4 is 11.8 Å². The van der Waals surface area contributed by atoms with Crippen molar-refractivity contribution in [3.63, 3.8) is 0 Å². The third-order valence-corrected chi connectivity index (χ3v) is 3.25. The molecule has 1 nitrogen and oxygen atoms in total. The molecule has 1 atom stereocenters. The Bertz CT molecular complexity index is 143. The van der Waals surface area contributed by atoms with Crippen molar-refractivity contribution in [1.29, 1.82) is 0 Å². The van der Waals surface area contributed by atoms with Crippen molar-refractivity contribution in [2.45, 2.75) is 33.7 Å². The lowest BCUT2D eigenvalue weighted by atomic mass is 10.2. The third kappa shape index (κ3) is 7.15. The average Bonchev–Trinajstić information content (AvgIpc) is 2.02. The SMILES string of the molecule is C=C(C)C(CSCC(C)C)NCC. The van der Waals surface area contributed by atoms with E-state index in [9.17, 15) is 0 Å². The predicted octanol–water partition coefficient (Wildman–Crippen LogP) is 2.93. The molecular formula is C11H23NS. The van der Waals surface area contributed by atoms with Crippen LogP contribution in [0.5, 0.6) is 0 Å². The summed E-state index contributed by atoms with van der Waals surface area (Å²) in [7, 11) is 0. The van der Waals surface area contributed by atoms with Crippen LogP contribution in [0, 0.1) is 5.92 Å². The Morgan fingerprint density at radius 1 is 1.38 bits per heavy atom. The van der Waals surface area contributed by atoms with Crippen LogP contribution in [0.1, 0.15) is 27.7 Å². The second-order valence-electron chi connectivity index (χ2n) is 3.89. The summed E-state index contributed by atoms with van der Waals surface area (Å²) in [6, 6.07) is 0.494. The zero-order valence-electron chi connectivity index (χ0n) is 9.39. The molecule has 0 radical (unpaired) electrons. The summed E-state index contributed by atoms with van der Waals surface area (Å²) in [6.45, 7) is 13.8. The lowest BCUT2D eigenvalue weighted by molar-refractivity contribution is 0.641. The van der Waals surface area contributed by atoms with Gasteiger partial charge >= 0.3 is 0 Å². The van der Waals surface area contributed by atoms with E-state index in [-0.39, 0.29) is 0 Å². The molecule has 0 aromatic rings. The van der Waals surface area contributed by atoms with Crippen molar-refractivity contribution in [2.75, 3.05) is 18.1 Å². The van der Waals surface area contributed by atoms with E-state index in [2.05, 4.69) is 39.6 Å². The summed E-state index contributed by atoms with van der Waals surface area (Å²) in [4.78, 5) is 0. The summed E-state index contributed by atoms with van der Waals surface area (Å²) in [5.74, 6) is 3.19. The largest absolute Gasteiger partial charge is 0.310 e. The number of likely N-dealkylation sites (N-methyl/N-ethyl adjacent to an activating group) is 1. The van der Waals surface area contributed by atoms with E-state index in [4.69, 9.17) is 0 Å². The molecule has 0 heterocycles. The molecule has 0 aliphatic rings. The summed E-state index contributed by atoms with van der Waals surface area (Å²) >= 11 is 2.01. The van der Waals surface area contributed by atoms with Gasteiger partial charge in [-0.25, -0.2) is 0 Å². The first-order valence-corrected chi connectivity index (χ1v) is 6.19. The van der Waals surface area contributed by atoms with Crippen LogP contribution in [0.4, 0.5) is 0 Å². The number of rotatable bonds is 7. The molecule has 1 N–H and O–H groups in total. The van der Waals surface area contributed by atoms with E-state index in [1.165, 1.54) is 11.3 Å². The molecule has 1 unspecified atom stereocenters. The fraction of sp³-hybridized carbons (Fsp3) is 0.818. The normalized spacial score (nSPS) is 13.3. The first kappa shape index (κ1) is 13.1. The molecular weight excluding hydrogens is 178 g/mol. The minimum atomic E-state index is 0.494. The molecule has 13 heavy (non-hydrogen) atoms. The summed E-state index contributed by atoms with van der Waals surface area (Å²) in [5.41, 5.74) is 1.25. The van der Waals surface area contributed by atoms with Gasteiger partial charge in [0.05, 0.1) is 0 Å². The van der Waals surface area contributed by atoms with Gasteiger partial charge in [0.25, 0.3) is 0 Å². The minimum absolute atomic E-state index is 0.494. The van der Waals surface area contributed by atoms with Crippen molar-refractivity contribution in [1.82, 2.24) is 5.32 Å². The van der Waals surface area contributed by atoms with Crippen LogP contribution in [0.3, 0.4) is 0 Å². The fourth-order valence-electron chi connectivity index (χ4n) is 1.04. The third-order valence-electron chi connectivity index (χ3n) is 1.78. The van der Waals surface area contributed by atoms with Gasteiger partial charge in [-0.05, 0) is 25.1 Å². The zero-order chi connectivity index (χ0) is 10.3. The Morgan fingerprint density at radius 3 is 2.38 bits per heavy atom. The smallest absolute Gasteiger partial charge is 0.0365 e. The van der Waals surface area contributed by atoms with E-state index >= 15 is 0 Å². The van der Waals surface area contributed by atoms with Gasteiger partial charge in [0.15, 0.2) is 0 Å². The zero-order valence-corrected chi connectivity index (χ0v) is 10.2. The Labute approximate surface area is 87.4 Å². The van der Waals surface area contributed by atoms with Crippen molar-refractivity contribution < 1.29 is 0 Å². The van der Waals surface area contributed by atoms with Crippen LogP contribution in [0.2, 0.25) is 0 Å². The van der Waals surface area contributed by atoms with Crippen LogP contribution in [-0.2, 0) is 0 Å². The quantitative estimate of drug-likeness (QED) is 0.636. The Morgan fingerprint density at radius 2 is 2.00 bits per heavy atom. The maximum absolute atomic E-state index is 4.00. The summed E-state index contributed by atoms with van der Waals surface area (Å²) in [5, 5.41) is 3.44. The highest BCUT2D eigenvalue weighted by molar-refractivity contribution is 7.99. The molecule has 0 saturated carbocycles. The number of nitrogens with one attached hydrogen (secondary N) is 1. The van der Waals surface area contributed by atoms with Gasteiger partial charge in [-0.15, -0.1) is 0 Å². The van der Waals surface area contributed by atoms with Crippen LogP contribution in [-0.4, -0.2) is 24.1 Å². The number of hydrogen-bond donors (Lipinski definition) is 1. The van der Waals surface area contributed by atoms with Crippen molar-refractivity contribution in [3.8, 4) is 0 Å². The molecule has 0 rings (SSSR count). The van der Waals surface area contributed by atoms with Crippen LogP contribution in [0.25, 0.3) is 0 Å². The Kier molecular flexibility index (Phi) is 7.48. The van der Waals surface area contributed by atoms with Gasteiger partial charge in [-0.3, -0.25) is 0 Å². The van der Waals surface area contributed by atoms with Crippen LogP contribution in [0.15, 0.2) is 12.2 Å². The first-order chi connectivity index (χ1) is 6.07. The first-order valence-electron chi connectivity index (χ1n) is 5.04. The molecule has 2 heteroatoms. The van der Waals surface area contributed by atoms with Gasteiger partial charge in [-0.1, -0.05) is 32.9 Å². The average molecular weight is 201 g/mol. The highest BCUT2D eigenvalue weighted by Crippen LogP contribution is 2.12. The lowest BCUT2D eigenvalue weighted by Gasteiger charge is -2.17. The second-order valence-corrected chi connectivity index (χ2v) is 4.96. The minimum Gasteiger partial charge on any atom is -0.310 e. The highest BCUT2D eigenvalue weighted by atomic mass is 32.2. The van der Waals surface area contributed by atoms with Gasteiger partial charge in [0.2, 0.25) is 0 Å². The van der Waals surface area contributed by atoms with Gasteiger partial charge in [0.1, 0.15) is 0 Å². The van der Waals surface area contributed by atoms with Crippen molar-refractivity contribution in [3.05, 3.63) is 12.2 Å². The van der Waals surface area contributed by atoms with E-state index in [0.29, 0.717) is 6.04 Å². The fourth-order valence-corrected chi connectivity index (χ4v) is 2.29. The molecule has 0 fully saturated rings. The molecule has 0 saturated heterocycles. The van der Waals surface area contributed by atoms with Crippen molar-refractivity contribution in [2.24, 2.45) is 5.92 Å².